The number of hydrogen-bond donors (Lipinski definition) is 1. The Morgan fingerprint density at radius 3 is 2.00 bits per heavy atom. The van der Waals surface area contributed by atoms with E-state index < -0.39 is 11.7 Å². The van der Waals surface area contributed by atoms with Crippen LogP contribution in [0.4, 0.5) is 0 Å². The van der Waals surface area contributed by atoms with Crippen molar-refractivity contribution in [2.45, 2.75) is 57.7 Å². The SMILES string of the molecule is C[C@]12CC(O)[C@H]3[C@@H](CCC4=CC(=O)C=C[C@@]43C)[C@@H]1CC[C@@H]2C(=O)COC(c1ccccc1)(c1ccccc1)c1ccccc1. The van der Waals surface area contributed by atoms with Crippen molar-refractivity contribution in [3.05, 3.63) is 131 Å². The van der Waals surface area contributed by atoms with Crippen LogP contribution >= 0.6 is 0 Å². The van der Waals surface area contributed by atoms with Crippen LogP contribution in [0.5, 0.6) is 0 Å². The highest BCUT2D eigenvalue weighted by Crippen LogP contribution is 2.66. The molecule has 0 heterocycles. The molecule has 7 atom stereocenters. The molecule has 0 spiro atoms. The molecule has 4 heteroatoms. The molecule has 0 aliphatic heterocycles. The first-order valence-corrected chi connectivity index (χ1v) is 16.2. The van der Waals surface area contributed by atoms with Gasteiger partial charge < -0.3 is 9.84 Å². The molecule has 0 aromatic heterocycles. The summed E-state index contributed by atoms with van der Waals surface area (Å²) in [5.41, 5.74) is 2.57. The van der Waals surface area contributed by atoms with Crippen molar-refractivity contribution < 1.29 is 19.4 Å². The third kappa shape index (κ3) is 4.49. The predicted octanol–water partition coefficient (Wildman–Crippen LogP) is 7.46. The quantitative estimate of drug-likeness (QED) is 0.292. The molecular weight excluding hydrogens is 544 g/mol. The van der Waals surface area contributed by atoms with Crippen LogP contribution in [0.1, 0.15) is 62.6 Å². The van der Waals surface area contributed by atoms with Crippen LogP contribution in [0, 0.1) is 34.5 Å². The second-order valence-electron chi connectivity index (χ2n) is 14.0. The van der Waals surface area contributed by atoms with E-state index in [-0.39, 0.29) is 40.8 Å². The molecule has 0 radical (unpaired) electrons. The van der Waals surface area contributed by atoms with E-state index in [0.29, 0.717) is 18.3 Å². The zero-order valence-corrected chi connectivity index (χ0v) is 25.7. The molecule has 0 amide bonds. The molecule has 3 aromatic carbocycles. The van der Waals surface area contributed by atoms with Gasteiger partial charge in [-0.25, -0.2) is 0 Å². The van der Waals surface area contributed by atoms with E-state index in [9.17, 15) is 14.7 Å². The van der Waals surface area contributed by atoms with Gasteiger partial charge in [0.25, 0.3) is 0 Å². The molecule has 1 unspecified atom stereocenters. The Bertz CT molecular complexity index is 1500. The zero-order chi connectivity index (χ0) is 30.5. The van der Waals surface area contributed by atoms with Crippen molar-refractivity contribution in [3.8, 4) is 0 Å². The van der Waals surface area contributed by atoms with Crippen LogP contribution < -0.4 is 0 Å². The van der Waals surface area contributed by atoms with E-state index in [4.69, 9.17) is 4.74 Å². The monoisotopic (exact) mass is 586 g/mol. The van der Waals surface area contributed by atoms with Gasteiger partial charge in [-0.1, -0.05) is 116 Å². The standard InChI is InChI=1S/C40H42O4/c1-38-23-22-31(41)24-30(38)18-19-32-33-20-21-34(39(33,2)25-35(42)37(32)38)36(43)26-44-40(27-12-6-3-7-13-27,28-14-8-4-9-15-28)29-16-10-5-11-17-29/h3-17,22-24,32-35,37,42H,18-21,25-26H2,1-2H3/t32-,33-,34+,35?,37+,38-,39-/m0/s1. The van der Waals surface area contributed by atoms with Gasteiger partial charge in [0.2, 0.25) is 0 Å². The molecule has 4 aliphatic rings. The van der Waals surface area contributed by atoms with Crippen molar-refractivity contribution in [2.75, 3.05) is 6.61 Å². The van der Waals surface area contributed by atoms with Gasteiger partial charge >= 0.3 is 0 Å². The number of aliphatic hydroxyl groups excluding tert-OH is 1. The average Bonchev–Trinajstić information content (AvgIpc) is 3.39. The predicted molar refractivity (Wildman–Crippen MR) is 172 cm³/mol. The van der Waals surface area contributed by atoms with Crippen LogP contribution in [0.3, 0.4) is 0 Å². The molecule has 7 rings (SSSR count). The number of ketones is 2. The summed E-state index contributed by atoms with van der Waals surface area (Å²) in [4.78, 5) is 26.6. The zero-order valence-electron chi connectivity index (χ0n) is 25.7. The summed E-state index contributed by atoms with van der Waals surface area (Å²) in [5, 5.41) is 11.8. The molecule has 3 saturated carbocycles. The van der Waals surface area contributed by atoms with Crippen LogP contribution in [-0.2, 0) is 19.9 Å². The van der Waals surface area contributed by atoms with E-state index in [1.807, 2.05) is 54.6 Å². The number of carbonyl (C=O) groups excluding carboxylic acids is 2. The number of fused-ring (bicyclic) bond motifs is 5. The van der Waals surface area contributed by atoms with Crippen molar-refractivity contribution >= 4 is 11.6 Å². The van der Waals surface area contributed by atoms with Crippen molar-refractivity contribution in [2.24, 2.45) is 34.5 Å². The Kier molecular flexibility index (Phi) is 7.34. The van der Waals surface area contributed by atoms with Gasteiger partial charge in [0.15, 0.2) is 11.6 Å². The summed E-state index contributed by atoms with van der Waals surface area (Å²) >= 11 is 0. The van der Waals surface area contributed by atoms with Crippen molar-refractivity contribution in [1.29, 1.82) is 0 Å². The number of Topliss-reactive ketones (excluding diaryl/α,β-unsaturated/α-hetero) is 1. The van der Waals surface area contributed by atoms with Crippen molar-refractivity contribution in [1.82, 2.24) is 0 Å². The number of carbonyl (C=O) groups is 2. The largest absolute Gasteiger partial charge is 0.393 e. The molecule has 0 saturated heterocycles. The second kappa shape index (κ2) is 11.1. The average molecular weight is 587 g/mol. The van der Waals surface area contributed by atoms with Gasteiger partial charge in [0.05, 0.1) is 6.10 Å². The maximum Gasteiger partial charge on any atom is 0.178 e. The first kappa shape index (κ1) is 29.1. The van der Waals surface area contributed by atoms with Gasteiger partial charge in [-0.15, -0.1) is 0 Å². The fourth-order valence-corrected chi connectivity index (χ4v) is 9.90. The smallest absolute Gasteiger partial charge is 0.178 e. The minimum atomic E-state index is -0.943. The number of benzene rings is 3. The van der Waals surface area contributed by atoms with Gasteiger partial charge in [-0.2, -0.15) is 0 Å². The second-order valence-corrected chi connectivity index (χ2v) is 14.0. The molecule has 4 nitrogen and oxygen atoms in total. The third-order valence-electron chi connectivity index (χ3n) is 11.9. The normalized spacial score (nSPS) is 32.8. The fourth-order valence-electron chi connectivity index (χ4n) is 9.90. The molecule has 4 aliphatic carbocycles. The van der Waals surface area contributed by atoms with E-state index in [1.54, 1.807) is 12.2 Å². The Morgan fingerprint density at radius 1 is 0.864 bits per heavy atom. The fraction of sp³-hybridized carbons (Fsp3) is 0.400. The van der Waals surface area contributed by atoms with Gasteiger partial charge in [0, 0.05) is 17.3 Å². The number of rotatable bonds is 7. The van der Waals surface area contributed by atoms with Gasteiger partial charge in [-0.05, 0) is 78.2 Å². The van der Waals surface area contributed by atoms with Gasteiger partial charge in [-0.3, -0.25) is 9.59 Å². The lowest BCUT2D eigenvalue weighted by molar-refractivity contribution is -0.145. The Hall–Kier alpha value is -3.60. The Balaban J connectivity index is 1.19. The summed E-state index contributed by atoms with van der Waals surface area (Å²) in [7, 11) is 0. The maximum atomic E-state index is 14.4. The summed E-state index contributed by atoms with van der Waals surface area (Å²) < 4.78 is 6.96. The maximum absolute atomic E-state index is 14.4. The molecule has 44 heavy (non-hydrogen) atoms. The topological polar surface area (TPSA) is 63.6 Å². The molecule has 1 N–H and O–H groups in total. The minimum Gasteiger partial charge on any atom is -0.393 e. The first-order chi connectivity index (χ1) is 21.3. The minimum absolute atomic E-state index is 0.00863. The lowest BCUT2D eigenvalue weighted by Crippen LogP contribution is -2.56. The molecule has 0 bridgehead atoms. The highest BCUT2D eigenvalue weighted by molar-refractivity contribution is 6.01. The van der Waals surface area contributed by atoms with E-state index in [1.165, 1.54) is 0 Å². The Morgan fingerprint density at radius 2 is 1.43 bits per heavy atom. The summed E-state index contributed by atoms with van der Waals surface area (Å²) in [5.74, 6) is 0.748. The lowest BCUT2D eigenvalue weighted by atomic mass is 9.46. The van der Waals surface area contributed by atoms with Crippen molar-refractivity contribution in [3.63, 3.8) is 0 Å². The Labute approximate surface area is 260 Å². The number of ether oxygens (including phenoxy) is 1. The molecule has 3 fully saturated rings. The first-order valence-electron chi connectivity index (χ1n) is 16.2. The van der Waals surface area contributed by atoms with E-state index in [0.717, 1.165) is 47.9 Å². The number of allylic oxidation sites excluding steroid dienone is 4. The van der Waals surface area contributed by atoms with Crippen LogP contribution in [-0.4, -0.2) is 29.4 Å². The van der Waals surface area contributed by atoms with Crippen LogP contribution in [0.15, 0.2) is 115 Å². The molecule has 226 valence electrons. The van der Waals surface area contributed by atoms with Crippen LogP contribution in [0.25, 0.3) is 0 Å². The highest BCUT2D eigenvalue weighted by Gasteiger charge is 2.62. The highest BCUT2D eigenvalue weighted by atomic mass is 16.5. The summed E-state index contributed by atoms with van der Waals surface area (Å²) in [6, 6.07) is 30.6. The summed E-state index contributed by atoms with van der Waals surface area (Å²) in [6.45, 7) is 4.44. The van der Waals surface area contributed by atoms with E-state index >= 15 is 0 Å². The third-order valence-corrected chi connectivity index (χ3v) is 11.9. The molecule has 3 aromatic rings. The summed E-state index contributed by atoms with van der Waals surface area (Å²) in [6.07, 6.45) is 9.25. The van der Waals surface area contributed by atoms with E-state index in [2.05, 4.69) is 56.3 Å². The number of aliphatic hydroxyl groups is 1. The molecular formula is C40H42O4. The van der Waals surface area contributed by atoms with Crippen LogP contribution in [0.2, 0.25) is 0 Å². The van der Waals surface area contributed by atoms with Gasteiger partial charge in [0.1, 0.15) is 12.2 Å². The number of hydrogen-bond acceptors (Lipinski definition) is 4. The lowest BCUT2D eigenvalue weighted by Gasteiger charge is -2.58.